The van der Waals surface area contributed by atoms with Crippen molar-refractivity contribution in [1.82, 2.24) is 10.9 Å². The third-order valence-electron chi connectivity index (χ3n) is 4.26. The first-order chi connectivity index (χ1) is 14.5. The van der Waals surface area contributed by atoms with Gasteiger partial charge >= 0.3 is 0 Å². The zero-order chi connectivity index (χ0) is 21.3. The van der Waals surface area contributed by atoms with Crippen LogP contribution >= 0.6 is 0 Å². The number of carbonyl (C=O) groups excluding carboxylic acids is 2. The highest BCUT2D eigenvalue weighted by atomic mass is 16.2. The monoisotopic (exact) mass is 398 g/mol. The predicted molar refractivity (Wildman–Crippen MR) is 119 cm³/mol. The highest BCUT2D eigenvalue weighted by Crippen LogP contribution is 2.05. The molecule has 0 saturated heterocycles. The summed E-state index contributed by atoms with van der Waals surface area (Å²) in [5, 5.41) is 7.98. The van der Waals surface area contributed by atoms with Crippen LogP contribution in [-0.2, 0) is 0 Å². The molecule has 0 aliphatic rings. The summed E-state index contributed by atoms with van der Waals surface area (Å²) in [6.45, 7) is 3.86. The second-order valence-electron chi connectivity index (χ2n) is 6.80. The standard InChI is InChI=1S/C24H22N4O2/c1-17-5-3-7-21(13-17)23(29)27-25-15-19-9-11-20(12-10-19)16-26-28-24(30)22-8-4-6-18(2)14-22/h3-16H,1-2H3,(H,27,29)(H,28,30). The fraction of sp³-hybridized carbons (Fsp3) is 0.0833. The molecular weight excluding hydrogens is 376 g/mol. The average Bonchev–Trinajstić information content (AvgIpc) is 2.74. The molecule has 3 aromatic rings. The van der Waals surface area contributed by atoms with E-state index in [1.54, 1.807) is 36.7 Å². The van der Waals surface area contributed by atoms with Gasteiger partial charge in [0.05, 0.1) is 12.4 Å². The lowest BCUT2D eigenvalue weighted by atomic mass is 10.1. The lowest BCUT2D eigenvalue weighted by Crippen LogP contribution is -2.17. The van der Waals surface area contributed by atoms with Crippen molar-refractivity contribution in [3.63, 3.8) is 0 Å². The fourth-order valence-corrected chi connectivity index (χ4v) is 2.70. The summed E-state index contributed by atoms with van der Waals surface area (Å²) in [4.78, 5) is 24.1. The van der Waals surface area contributed by atoms with E-state index in [2.05, 4.69) is 21.1 Å². The van der Waals surface area contributed by atoms with Gasteiger partial charge in [-0.3, -0.25) is 9.59 Å². The molecule has 0 saturated carbocycles. The van der Waals surface area contributed by atoms with E-state index in [0.29, 0.717) is 11.1 Å². The Hall–Kier alpha value is -4.06. The number of rotatable bonds is 6. The van der Waals surface area contributed by atoms with Crippen molar-refractivity contribution in [1.29, 1.82) is 0 Å². The minimum Gasteiger partial charge on any atom is -0.267 e. The zero-order valence-corrected chi connectivity index (χ0v) is 16.8. The quantitative estimate of drug-likeness (QED) is 0.489. The molecular formula is C24H22N4O2. The van der Waals surface area contributed by atoms with Gasteiger partial charge in [-0.2, -0.15) is 10.2 Å². The minimum absolute atomic E-state index is 0.261. The van der Waals surface area contributed by atoms with E-state index in [1.807, 2.05) is 62.4 Å². The van der Waals surface area contributed by atoms with Crippen molar-refractivity contribution >= 4 is 24.2 Å². The van der Waals surface area contributed by atoms with Gasteiger partial charge in [0.15, 0.2) is 0 Å². The highest BCUT2D eigenvalue weighted by molar-refractivity contribution is 5.96. The van der Waals surface area contributed by atoms with Gasteiger partial charge in [-0.15, -0.1) is 0 Å². The first-order valence-corrected chi connectivity index (χ1v) is 9.41. The smallest absolute Gasteiger partial charge is 0.267 e. The molecule has 0 aliphatic heterocycles. The summed E-state index contributed by atoms with van der Waals surface area (Å²) in [6.07, 6.45) is 3.13. The number of benzene rings is 3. The van der Waals surface area contributed by atoms with Crippen LogP contribution in [0.1, 0.15) is 43.0 Å². The van der Waals surface area contributed by atoms with E-state index in [-0.39, 0.29) is 11.8 Å². The van der Waals surface area contributed by atoms with Crippen LogP contribution < -0.4 is 10.9 Å². The Kier molecular flexibility index (Phi) is 6.84. The summed E-state index contributed by atoms with van der Waals surface area (Å²) in [7, 11) is 0. The van der Waals surface area contributed by atoms with E-state index < -0.39 is 0 Å². The van der Waals surface area contributed by atoms with Crippen molar-refractivity contribution in [2.45, 2.75) is 13.8 Å². The first kappa shape index (κ1) is 20.7. The Bertz CT molecular complexity index is 1010. The third-order valence-corrected chi connectivity index (χ3v) is 4.26. The van der Waals surface area contributed by atoms with Crippen LogP contribution in [-0.4, -0.2) is 24.2 Å². The molecule has 0 aliphatic carbocycles. The molecule has 0 radical (unpaired) electrons. The Labute approximate surface area is 175 Å². The lowest BCUT2D eigenvalue weighted by Gasteiger charge is -2.01. The number of amides is 2. The van der Waals surface area contributed by atoms with Crippen LogP contribution in [0.2, 0.25) is 0 Å². The largest absolute Gasteiger partial charge is 0.271 e. The number of carbonyl (C=O) groups is 2. The summed E-state index contributed by atoms with van der Waals surface area (Å²) < 4.78 is 0. The molecule has 6 nitrogen and oxygen atoms in total. The van der Waals surface area contributed by atoms with Crippen LogP contribution in [0.25, 0.3) is 0 Å². The number of nitrogens with one attached hydrogen (secondary N) is 2. The lowest BCUT2D eigenvalue weighted by molar-refractivity contribution is 0.0947. The SMILES string of the molecule is Cc1cccc(C(=O)NN=Cc2ccc(C=NNC(=O)c3cccc(C)c3)cc2)c1. The Morgan fingerprint density at radius 2 is 1.07 bits per heavy atom. The fourth-order valence-electron chi connectivity index (χ4n) is 2.70. The molecule has 0 atom stereocenters. The Balaban J connectivity index is 1.52. The summed E-state index contributed by atoms with van der Waals surface area (Å²) >= 11 is 0. The summed E-state index contributed by atoms with van der Waals surface area (Å²) in [6, 6.07) is 22.0. The maximum Gasteiger partial charge on any atom is 0.271 e. The van der Waals surface area contributed by atoms with Crippen molar-refractivity contribution in [2.24, 2.45) is 10.2 Å². The molecule has 0 unspecified atom stereocenters. The topological polar surface area (TPSA) is 82.9 Å². The maximum atomic E-state index is 12.1. The number of hydrogen-bond acceptors (Lipinski definition) is 4. The molecule has 3 rings (SSSR count). The van der Waals surface area contributed by atoms with Crippen molar-refractivity contribution in [2.75, 3.05) is 0 Å². The van der Waals surface area contributed by atoms with Gasteiger partial charge in [0.25, 0.3) is 11.8 Å². The second-order valence-corrected chi connectivity index (χ2v) is 6.80. The first-order valence-electron chi connectivity index (χ1n) is 9.41. The van der Waals surface area contributed by atoms with Crippen LogP contribution in [0.4, 0.5) is 0 Å². The highest BCUT2D eigenvalue weighted by Gasteiger charge is 2.04. The Morgan fingerprint density at radius 1 is 0.667 bits per heavy atom. The van der Waals surface area contributed by atoms with Crippen LogP contribution in [0.15, 0.2) is 83.0 Å². The number of aryl methyl sites for hydroxylation is 2. The van der Waals surface area contributed by atoms with Crippen molar-refractivity contribution < 1.29 is 9.59 Å². The van der Waals surface area contributed by atoms with Crippen LogP contribution in [0.3, 0.4) is 0 Å². The molecule has 0 aromatic heterocycles. The minimum atomic E-state index is -0.261. The van der Waals surface area contributed by atoms with Gasteiger partial charge in [-0.1, -0.05) is 59.7 Å². The van der Waals surface area contributed by atoms with Crippen LogP contribution in [0.5, 0.6) is 0 Å². The number of hydrogen-bond donors (Lipinski definition) is 2. The van der Waals surface area contributed by atoms with Gasteiger partial charge in [0, 0.05) is 11.1 Å². The van der Waals surface area contributed by atoms with Crippen molar-refractivity contribution in [3.8, 4) is 0 Å². The van der Waals surface area contributed by atoms with Crippen molar-refractivity contribution in [3.05, 3.63) is 106 Å². The summed E-state index contributed by atoms with van der Waals surface area (Å²) in [5.41, 5.74) is 9.81. The van der Waals surface area contributed by atoms with Crippen LogP contribution in [0, 0.1) is 13.8 Å². The molecule has 3 aromatic carbocycles. The second kappa shape index (κ2) is 9.93. The van der Waals surface area contributed by atoms with Gasteiger partial charge in [0.2, 0.25) is 0 Å². The number of nitrogens with zero attached hydrogens (tertiary/aromatic N) is 2. The van der Waals surface area contributed by atoms with E-state index in [1.165, 1.54) is 0 Å². The van der Waals surface area contributed by atoms with E-state index >= 15 is 0 Å². The molecule has 0 spiro atoms. The molecule has 30 heavy (non-hydrogen) atoms. The predicted octanol–water partition coefficient (Wildman–Crippen LogP) is 3.83. The molecule has 0 heterocycles. The molecule has 0 fully saturated rings. The third kappa shape index (κ3) is 5.97. The normalized spacial score (nSPS) is 11.0. The molecule has 2 N–H and O–H groups in total. The zero-order valence-electron chi connectivity index (χ0n) is 16.8. The van der Waals surface area contributed by atoms with E-state index in [4.69, 9.17) is 0 Å². The van der Waals surface area contributed by atoms with Gasteiger partial charge in [0.1, 0.15) is 0 Å². The van der Waals surface area contributed by atoms with E-state index in [9.17, 15) is 9.59 Å². The summed E-state index contributed by atoms with van der Waals surface area (Å²) in [5.74, 6) is -0.522. The van der Waals surface area contributed by atoms with E-state index in [0.717, 1.165) is 22.3 Å². The maximum absolute atomic E-state index is 12.1. The van der Waals surface area contributed by atoms with Gasteiger partial charge in [-0.05, 0) is 49.2 Å². The average molecular weight is 398 g/mol. The Morgan fingerprint density at radius 3 is 1.43 bits per heavy atom. The molecule has 0 bridgehead atoms. The molecule has 6 heteroatoms. The van der Waals surface area contributed by atoms with Gasteiger partial charge < -0.3 is 0 Å². The molecule has 150 valence electrons. The van der Waals surface area contributed by atoms with Gasteiger partial charge in [-0.25, -0.2) is 10.9 Å². The molecule has 2 amide bonds. The number of hydrazone groups is 2.